The van der Waals surface area contributed by atoms with Crippen LogP contribution in [0.2, 0.25) is 5.02 Å². The number of carbonyl (C=O) groups is 1. The molecule has 0 bridgehead atoms. The van der Waals surface area contributed by atoms with Crippen LogP contribution in [0.3, 0.4) is 0 Å². The summed E-state index contributed by atoms with van der Waals surface area (Å²) in [5.41, 5.74) is 3.14. The van der Waals surface area contributed by atoms with Crippen LogP contribution in [0.5, 0.6) is 5.75 Å². The lowest BCUT2D eigenvalue weighted by atomic mass is 10.2. The number of halogens is 2. The Morgan fingerprint density at radius 1 is 1.33 bits per heavy atom. The van der Waals surface area contributed by atoms with Crippen LogP contribution in [0.4, 0.5) is 4.39 Å². The molecule has 0 fully saturated rings. The van der Waals surface area contributed by atoms with Crippen molar-refractivity contribution >= 4 is 23.7 Å². The molecule has 21 heavy (non-hydrogen) atoms. The van der Waals surface area contributed by atoms with Crippen molar-refractivity contribution in [3.8, 4) is 5.75 Å². The van der Waals surface area contributed by atoms with E-state index in [2.05, 4.69) is 10.5 Å². The van der Waals surface area contributed by atoms with E-state index in [0.717, 1.165) is 0 Å². The van der Waals surface area contributed by atoms with E-state index in [-0.39, 0.29) is 5.75 Å². The minimum Gasteiger partial charge on any atom is -0.494 e. The van der Waals surface area contributed by atoms with Gasteiger partial charge in [0, 0.05) is 0 Å². The molecule has 0 heterocycles. The number of carbonyl (C=O) groups excluding carboxylic acids is 1. The van der Waals surface area contributed by atoms with Gasteiger partial charge in [-0.05, 0) is 35.9 Å². The van der Waals surface area contributed by atoms with Crippen molar-refractivity contribution in [1.82, 2.24) is 5.43 Å². The van der Waals surface area contributed by atoms with Gasteiger partial charge in [0.25, 0.3) is 5.91 Å². The number of hydrogen-bond acceptors (Lipinski definition) is 3. The van der Waals surface area contributed by atoms with Crippen LogP contribution in [0.15, 0.2) is 47.6 Å². The molecule has 6 heteroatoms. The van der Waals surface area contributed by atoms with Crippen LogP contribution in [-0.4, -0.2) is 19.2 Å². The van der Waals surface area contributed by atoms with Gasteiger partial charge in [-0.3, -0.25) is 4.79 Å². The number of ether oxygens (including phenoxy) is 1. The van der Waals surface area contributed by atoms with Gasteiger partial charge in [-0.2, -0.15) is 5.10 Å². The molecule has 2 rings (SSSR count). The number of benzene rings is 2. The first kappa shape index (κ1) is 15.0. The van der Waals surface area contributed by atoms with Crippen LogP contribution in [0.25, 0.3) is 0 Å². The molecule has 4 nitrogen and oxygen atoms in total. The largest absolute Gasteiger partial charge is 0.494 e. The Morgan fingerprint density at radius 2 is 2.10 bits per heavy atom. The molecule has 0 aliphatic heterocycles. The minimum atomic E-state index is -0.501. The second-order valence-electron chi connectivity index (χ2n) is 4.07. The topological polar surface area (TPSA) is 50.7 Å². The van der Waals surface area contributed by atoms with E-state index in [1.54, 1.807) is 30.3 Å². The molecule has 0 spiro atoms. The van der Waals surface area contributed by atoms with Crippen LogP contribution in [0.1, 0.15) is 15.9 Å². The Balaban J connectivity index is 2.04. The first-order chi connectivity index (χ1) is 10.1. The van der Waals surface area contributed by atoms with E-state index in [4.69, 9.17) is 16.3 Å². The van der Waals surface area contributed by atoms with Crippen molar-refractivity contribution in [2.75, 3.05) is 7.11 Å². The number of hydrazone groups is 1. The van der Waals surface area contributed by atoms with Gasteiger partial charge in [0.05, 0.1) is 23.9 Å². The molecule has 0 saturated carbocycles. The van der Waals surface area contributed by atoms with E-state index in [1.807, 2.05) is 0 Å². The summed E-state index contributed by atoms with van der Waals surface area (Å²) in [5, 5.41) is 4.10. The van der Waals surface area contributed by atoms with Crippen LogP contribution >= 0.6 is 11.6 Å². The SMILES string of the molecule is COc1ccc(/C=N\NC(=O)c2ccccc2Cl)cc1F. The number of methoxy groups -OCH3 is 1. The first-order valence-electron chi connectivity index (χ1n) is 6.03. The number of rotatable bonds is 4. The van der Waals surface area contributed by atoms with E-state index < -0.39 is 11.7 Å². The fourth-order valence-corrected chi connectivity index (χ4v) is 1.86. The quantitative estimate of drug-likeness (QED) is 0.696. The molecule has 108 valence electrons. The maximum absolute atomic E-state index is 13.5. The molecule has 0 saturated heterocycles. The zero-order valence-electron chi connectivity index (χ0n) is 11.1. The van der Waals surface area contributed by atoms with E-state index in [1.165, 1.54) is 25.5 Å². The molecule has 0 aromatic heterocycles. The Labute approximate surface area is 126 Å². The monoisotopic (exact) mass is 306 g/mol. The molecule has 1 N–H and O–H groups in total. The summed E-state index contributed by atoms with van der Waals surface area (Å²) in [5.74, 6) is -0.794. The number of amides is 1. The molecule has 2 aromatic rings. The number of nitrogens with zero attached hydrogens (tertiary/aromatic N) is 1. The molecule has 0 atom stereocenters. The fraction of sp³-hybridized carbons (Fsp3) is 0.0667. The van der Waals surface area contributed by atoms with Gasteiger partial charge in [0.2, 0.25) is 0 Å². The summed E-state index contributed by atoms with van der Waals surface area (Å²) >= 11 is 5.89. The minimum absolute atomic E-state index is 0.146. The van der Waals surface area contributed by atoms with Crippen LogP contribution < -0.4 is 10.2 Å². The highest BCUT2D eigenvalue weighted by Crippen LogP contribution is 2.17. The van der Waals surface area contributed by atoms with Gasteiger partial charge in [-0.25, -0.2) is 9.82 Å². The summed E-state index contributed by atoms with van der Waals surface area (Å²) in [7, 11) is 1.38. The molecular weight excluding hydrogens is 295 g/mol. The Bertz CT molecular complexity index is 689. The summed E-state index contributed by atoms with van der Waals surface area (Å²) in [6.45, 7) is 0. The average molecular weight is 307 g/mol. The standard InChI is InChI=1S/C15H12ClFN2O2/c1-21-14-7-6-10(8-13(14)17)9-18-19-15(20)11-4-2-3-5-12(11)16/h2-9H,1H3,(H,19,20)/b18-9-. The lowest BCUT2D eigenvalue weighted by Crippen LogP contribution is -2.17. The second kappa shape index (κ2) is 6.85. The van der Waals surface area contributed by atoms with Crippen molar-refractivity contribution in [2.45, 2.75) is 0 Å². The van der Waals surface area contributed by atoms with E-state index in [0.29, 0.717) is 16.1 Å². The number of nitrogens with one attached hydrogen (secondary N) is 1. The Kier molecular flexibility index (Phi) is 4.90. The molecule has 1 amide bonds. The average Bonchev–Trinajstić information content (AvgIpc) is 2.48. The van der Waals surface area contributed by atoms with Crippen molar-refractivity contribution < 1.29 is 13.9 Å². The van der Waals surface area contributed by atoms with Gasteiger partial charge in [-0.15, -0.1) is 0 Å². The van der Waals surface area contributed by atoms with Crippen molar-refractivity contribution in [1.29, 1.82) is 0 Å². The highest BCUT2D eigenvalue weighted by molar-refractivity contribution is 6.33. The molecule has 0 aliphatic rings. The highest BCUT2D eigenvalue weighted by atomic mass is 35.5. The fourth-order valence-electron chi connectivity index (χ4n) is 1.63. The predicted molar refractivity (Wildman–Crippen MR) is 79.5 cm³/mol. The van der Waals surface area contributed by atoms with Gasteiger partial charge in [0.1, 0.15) is 0 Å². The van der Waals surface area contributed by atoms with Gasteiger partial charge >= 0.3 is 0 Å². The second-order valence-corrected chi connectivity index (χ2v) is 4.48. The Morgan fingerprint density at radius 3 is 2.76 bits per heavy atom. The highest BCUT2D eigenvalue weighted by Gasteiger charge is 2.08. The van der Waals surface area contributed by atoms with Gasteiger partial charge in [-0.1, -0.05) is 23.7 Å². The van der Waals surface area contributed by atoms with Crippen LogP contribution in [-0.2, 0) is 0 Å². The van der Waals surface area contributed by atoms with E-state index >= 15 is 0 Å². The summed E-state index contributed by atoms with van der Waals surface area (Å²) in [6.07, 6.45) is 1.33. The zero-order chi connectivity index (χ0) is 15.2. The molecule has 0 unspecified atom stereocenters. The van der Waals surface area contributed by atoms with Crippen LogP contribution in [0, 0.1) is 5.82 Å². The third-order valence-corrected chi connectivity index (χ3v) is 3.00. The molecule has 0 radical (unpaired) electrons. The van der Waals surface area contributed by atoms with Crippen molar-refractivity contribution in [3.05, 3.63) is 64.4 Å². The lowest BCUT2D eigenvalue weighted by molar-refractivity contribution is 0.0955. The first-order valence-corrected chi connectivity index (χ1v) is 6.41. The normalized spacial score (nSPS) is 10.6. The Hall–Kier alpha value is -2.40. The van der Waals surface area contributed by atoms with E-state index in [9.17, 15) is 9.18 Å². The summed E-state index contributed by atoms with van der Waals surface area (Å²) in [6, 6.07) is 11.0. The smallest absolute Gasteiger partial charge is 0.272 e. The number of hydrogen-bond donors (Lipinski definition) is 1. The third kappa shape index (κ3) is 3.79. The summed E-state index contributed by atoms with van der Waals surface area (Å²) in [4.78, 5) is 11.8. The van der Waals surface area contributed by atoms with Gasteiger partial charge in [0.15, 0.2) is 11.6 Å². The predicted octanol–water partition coefficient (Wildman–Crippen LogP) is 3.25. The maximum Gasteiger partial charge on any atom is 0.272 e. The third-order valence-electron chi connectivity index (χ3n) is 2.67. The van der Waals surface area contributed by atoms with Crippen molar-refractivity contribution in [2.24, 2.45) is 5.10 Å². The summed E-state index contributed by atoms with van der Waals surface area (Å²) < 4.78 is 18.3. The van der Waals surface area contributed by atoms with Crippen molar-refractivity contribution in [3.63, 3.8) is 0 Å². The van der Waals surface area contributed by atoms with Gasteiger partial charge < -0.3 is 4.74 Å². The molecular formula is C15H12ClFN2O2. The lowest BCUT2D eigenvalue weighted by Gasteiger charge is -2.03. The molecule has 0 aliphatic carbocycles. The zero-order valence-corrected chi connectivity index (χ0v) is 11.9. The maximum atomic E-state index is 13.5. The molecule has 2 aromatic carbocycles.